The molecule has 0 fully saturated rings. The number of benzene rings is 1. The third-order valence-electron chi connectivity index (χ3n) is 1.80. The lowest BCUT2D eigenvalue weighted by Crippen LogP contribution is -2.09. The van der Waals surface area contributed by atoms with Crippen molar-refractivity contribution in [3.05, 3.63) is 17.7 Å². The van der Waals surface area contributed by atoms with E-state index in [1.165, 1.54) is 0 Å². The first-order valence-corrected chi connectivity index (χ1v) is 3.93. The van der Waals surface area contributed by atoms with E-state index in [0.717, 1.165) is 12.1 Å². The Morgan fingerprint density at radius 3 is 2.21 bits per heavy atom. The summed E-state index contributed by atoms with van der Waals surface area (Å²) in [4.78, 5) is 0. The van der Waals surface area contributed by atoms with Gasteiger partial charge in [-0.2, -0.15) is 5.26 Å². The zero-order valence-electron chi connectivity index (χ0n) is 7.31. The van der Waals surface area contributed by atoms with Gasteiger partial charge in [0, 0.05) is 12.1 Å². The third kappa shape index (κ3) is 1.87. The first kappa shape index (κ1) is 10.2. The van der Waals surface area contributed by atoms with E-state index in [1.54, 1.807) is 0 Å². The molecule has 0 bridgehead atoms. The molecule has 5 nitrogen and oxygen atoms in total. The van der Waals surface area contributed by atoms with E-state index in [4.69, 9.17) is 16.1 Å². The zero-order chi connectivity index (χ0) is 10.7. The highest BCUT2D eigenvalue weighted by Crippen LogP contribution is 2.36. The molecule has 0 heterocycles. The SMILES string of the molecule is N#CC[C@H](N)c1c(O)cc(O)cc1O. The van der Waals surface area contributed by atoms with Gasteiger partial charge in [-0.15, -0.1) is 0 Å². The molecule has 1 atom stereocenters. The molecule has 1 aromatic carbocycles. The van der Waals surface area contributed by atoms with Crippen molar-refractivity contribution >= 4 is 0 Å². The molecule has 1 rings (SSSR count). The standard InChI is InChI=1S/C9H10N2O3/c10-2-1-6(11)9-7(13)3-5(12)4-8(9)14/h3-4,6,12-14H,1,11H2/t6-/m0/s1. The Hall–Kier alpha value is -1.93. The Morgan fingerprint density at radius 1 is 1.29 bits per heavy atom. The minimum absolute atomic E-state index is 0.0219. The summed E-state index contributed by atoms with van der Waals surface area (Å²) in [6.07, 6.45) is -0.0219. The van der Waals surface area contributed by atoms with Gasteiger partial charge in [0.05, 0.1) is 24.1 Å². The van der Waals surface area contributed by atoms with Gasteiger partial charge in [-0.25, -0.2) is 0 Å². The summed E-state index contributed by atoms with van der Waals surface area (Å²) in [7, 11) is 0. The molecule has 0 aromatic heterocycles. The molecule has 0 unspecified atom stereocenters. The van der Waals surface area contributed by atoms with Gasteiger partial charge in [-0.05, 0) is 0 Å². The largest absolute Gasteiger partial charge is 0.508 e. The van der Waals surface area contributed by atoms with E-state index in [9.17, 15) is 10.2 Å². The van der Waals surface area contributed by atoms with Crippen LogP contribution in [0.15, 0.2) is 12.1 Å². The van der Waals surface area contributed by atoms with Crippen molar-refractivity contribution in [2.45, 2.75) is 12.5 Å². The lowest BCUT2D eigenvalue weighted by molar-refractivity contribution is 0.412. The summed E-state index contributed by atoms with van der Waals surface area (Å²) in [6.45, 7) is 0. The van der Waals surface area contributed by atoms with Crippen LogP contribution in [0.1, 0.15) is 18.0 Å². The van der Waals surface area contributed by atoms with Gasteiger partial charge in [0.15, 0.2) is 0 Å². The number of rotatable bonds is 2. The average Bonchev–Trinajstić information content (AvgIpc) is 2.01. The summed E-state index contributed by atoms with van der Waals surface area (Å²) in [6, 6.07) is 3.19. The predicted octanol–water partition coefficient (Wildman–Crippen LogP) is 0.717. The maximum atomic E-state index is 9.36. The molecule has 0 aliphatic rings. The van der Waals surface area contributed by atoms with Crippen LogP contribution in [0, 0.1) is 11.3 Å². The molecule has 1 aromatic rings. The second-order valence-corrected chi connectivity index (χ2v) is 2.87. The third-order valence-corrected chi connectivity index (χ3v) is 1.80. The number of phenolic OH excluding ortho intramolecular Hbond substituents is 3. The highest BCUT2D eigenvalue weighted by molar-refractivity contribution is 5.50. The monoisotopic (exact) mass is 194 g/mol. The van der Waals surface area contributed by atoms with Gasteiger partial charge in [0.2, 0.25) is 0 Å². The molecule has 74 valence electrons. The fourth-order valence-corrected chi connectivity index (χ4v) is 1.19. The van der Waals surface area contributed by atoms with Crippen LogP contribution in [0.5, 0.6) is 17.2 Å². The highest BCUT2D eigenvalue weighted by atomic mass is 16.3. The number of nitrogens with two attached hydrogens (primary N) is 1. The van der Waals surface area contributed by atoms with Crippen LogP contribution in [0.3, 0.4) is 0 Å². The Morgan fingerprint density at radius 2 is 1.79 bits per heavy atom. The van der Waals surface area contributed by atoms with Crippen LogP contribution >= 0.6 is 0 Å². The molecule has 0 amide bonds. The van der Waals surface area contributed by atoms with Crippen molar-refractivity contribution in [2.75, 3.05) is 0 Å². The maximum absolute atomic E-state index is 9.36. The van der Waals surface area contributed by atoms with Gasteiger partial charge in [0.1, 0.15) is 17.2 Å². The Labute approximate surface area is 80.6 Å². The summed E-state index contributed by atoms with van der Waals surface area (Å²) in [5.74, 6) is -0.886. The zero-order valence-corrected chi connectivity index (χ0v) is 7.31. The summed E-state index contributed by atoms with van der Waals surface area (Å²) < 4.78 is 0. The first-order chi connectivity index (χ1) is 6.56. The molecule has 5 N–H and O–H groups in total. The van der Waals surface area contributed by atoms with Crippen molar-refractivity contribution in [2.24, 2.45) is 5.73 Å². The average molecular weight is 194 g/mol. The van der Waals surface area contributed by atoms with Crippen molar-refractivity contribution in [1.82, 2.24) is 0 Å². The number of aromatic hydroxyl groups is 3. The summed E-state index contributed by atoms with van der Waals surface area (Å²) >= 11 is 0. The molecule has 14 heavy (non-hydrogen) atoms. The van der Waals surface area contributed by atoms with E-state index in [1.807, 2.05) is 6.07 Å². The van der Waals surface area contributed by atoms with Gasteiger partial charge < -0.3 is 21.1 Å². The number of nitriles is 1. The van der Waals surface area contributed by atoms with Crippen LogP contribution in [0.2, 0.25) is 0 Å². The van der Waals surface area contributed by atoms with E-state index in [-0.39, 0.29) is 29.2 Å². The lowest BCUT2D eigenvalue weighted by atomic mass is 10.0. The van der Waals surface area contributed by atoms with Crippen LogP contribution in [0.25, 0.3) is 0 Å². The molecule has 0 aliphatic heterocycles. The molecule has 0 radical (unpaired) electrons. The second kappa shape index (κ2) is 3.85. The van der Waals surface area contributed by atoms with Crippen LogP contribution in [-0.2, 0) is 0 Å². The fraction of sp³-hybridized carbons (Fsp3) is 0.222. The number of hydrogen-bond acceptors (Lipinski definition) is 5. The maximum Gasteiger partial charge on any atom is 0.127 e. The summed E-state index contributed by atoms with van der Waals surface area (Å²) in [5.41, 5.74) is 5.61. The minimum atomic E-state index is -0.763. The van der Waals surface area contributed by atoms with Crippen molar-refractivity contribution < 1.29 is 15.3 Å². The minimum Gasteiger partial charge on any atom is -0.508 e. The molecule has 0 saturated heterocycles. The van der Waals surface area contributed by atoms with Crippen molar-refractivity contribution in [3.8, 4) is 23.3 Å². The molecule has 0 aliphatic carbocycles. The quantitative estimate of drug-likeness (QED) is 0.554. The van der Waals surface area contributed by atoms with E-state index in [2.05, 4.69) is 0 Å². The first-order valence-electron chi connectivity index (χ1n) is 3.93. The molecular weight excluding hydrogens is 184 g/mol. The second-order valence-electron chi connectivity index (χ2n) is 2.87. The Bertz CT molecular complexity index is 361. The Kier molecular flexibility index (Phi) is 2.79. The lowest BCUT2D eigenvalue weighted by Gasteiger charge is -2.12. The van der Waals surface area contributed by atoms with E-state index >= 15 is 0 Å². The van der Waals surface area contributed by atoms with E-state index in [0.29, 0.717) is 0 Å². The van der Waals surface area contributed by atoms with Crippen LogP contribution in [0.4, 0.5) is 0 Å². The molecule has 5 heteroatoms. The van der Waals surface area contributed by atoms with Gasteiger partial charge in [0.25, 0.3) is 0 Å². The van der Waals surface area contributed by atoms with Crippen LogP contribution < -0.4 is 5.73 Å². The predicted molar refractivity (Wildman–Crippen MR) is 48.6 cm³/mol. The topological polar surface area (TPSA) is 111 Å². The summed E-state index contributed by atoms with van der Waals surface area (Å²) in [5, 5.41) is 36.1. The van der Waals surface area contributed by atoms with Crippen LogP contribution in [-0.4, -0.2) is 15.3 Å². The fourth-order valence-electron chi connectivity index (χ4n) is 1.19. The molecule has 0 saturated carbocycles. The van der Waals surface area contributed by atoms with Gasteiger partial charge in [-0.3, -0.25) is 0 Å². The number of phenols is 3. The normalized spacial score (nSPS) is 12.0. The van der Waals surface area contributed by atoms with E-state index < -0.39 is 6.04 Å². The van der Waals surface area contributed by atoms with Gasteiger partial charge >= 0.3 is 0 Å². The number of hydrogen-bond donors (Lipinski definition) is 4. The van der Waals surface area contributed by atoms with Crippen molar-refractivity contribution in [1.29, 1.82) is 5.26 Å². The molecule has 0 spiro atoms. The number of nitrogens with zero attached hydrogens (tertiary/aromatic N) is 1. The smallest absolute Gasteiger partial charge is 0.127 e. The highest BCUT2D eigenvalue weighted by Gasteiger charge is 2.16. The van der Waals surface area contributed by atoms with Crippen molar-refractivity contribution in [3.63, 3.8) is 0 Å². The Balaban J connectivity index is 3.15. The molecular formula is C9H10N2O3. The van der Waals surface area contributed by atoms with Gasteiger partial charge in [-0.1, -0.05) is 0 Å².